The van der Waals surface area contributed by atoms with Crippen molar-refractivity contribution in [2.75, 3.05) is 0 Å². The fourth-order valence-electron chi connectivity index (χ4n) is 4.41. The maximum Gasteiger partial charge on any atom is 0.188 e. The fourth-order valence-corrected chi connectivity index (χ4v) is 6.11. The first-order valence-corrected chi connectivity index (χ1v) is 11.5. The lowest BCUT2D eigenvalue weighted by Crippen LogP contribution is -2.33. The Morgan fingerprint density at radius 2 is 1.55 bits per heavy atom. The van der Waals surface area contributed by atoms with Crippen LogP contribution in [0.25, 0.3) is 26.9 Å². The first-order valence-electron chi connectivity index (χ1n) is 10.3. The summed E-state index contributed by atoms with van der Waals surface area (Å²) in [6.07, 6.45) is 4.37. The normalized spacial score (nSPS) is 17.6. The lowest BCUT2D eigenvalue weighted by atomic mass is 9.87. The molecule has 0 aliphatic carbocycles. The topological polar surface area (TPSA) is 9.23 Å². The van der Waals surface area contributed by atoms with Crippen molar-refractivity contribution in [2.45, 2.75) is 12.5 Å². The van der Waals surface area contributed by atoms with Crippen molar-refractivity contribution in [3.8, 4) is 5.75 Å². The average Bonchev–Trinajstić information content (AvgIpc) is 3.16. The van der Waals surface area contributed by atoms with E-state index in [1.807, 2.05) is 6.07 Å². The molecule has 0 amide bonds. The number of aryl methyl sites for hydroxylation is 1. The highest BCUT2D eigenvalue weighted by Crippen LogP contribution is 2.50. The summed E-state index contributed by atoms with van der Waals surface area (Å²) in [7, 11) is 0. The molecule has 1 aliphatic heterocycles. The van der Waals surface area contributed by atoms with Crippen LogP contribution in [-0.2, 0) is 5.60 Å². The lowest BCUT2D eigenvalue weighted by molar-refractivity contribution is 0.165. The third-order valence-corrected chi connectivity index (χ3v) is 7.83. The number of ether oxygens (including phenoxy) is 1. The Bertz CT molecular complexity index is 1480. The smallest absolute Gasteiger partial charge is 0.188 e. The Balaban J connectivity index is 1.63. The van der Waals surface area contributed by atoms with E-state index in [1.54, 1.807) is 11.3 Å². The zero-order chi connectivity index (χ0) is 21.0. The molecule has 3 heteroatoms. The molecule has 0 fully saturated rings. The Kier molecular flexibility index (Phi) is 4.21. The van der Waals surface area contributed by atoms with Gasteiger partial charge in [0.05, 0.1) is 9.90 Å². The quantitative estimate of drug-likeness (QED) is 0.269. The molecular formula is C28H19ClOS. The van der Waals surface area contributed by atoms with Crippen LogP contribution in [0.5, 0.6) is 5.75 Å². The van der Waals surface area contributed by atoms with E-state index in [2.05, 4.69) is 97.9 Å². The Morgan fingerprint density at radius 3 is 2.35 bits per heavy atom. The van der Waals surface area contributed by atoms with Gasteiger partial charge in [0, 0.05) is 21.2 Å². The molecular weight excluding hydrogens is 420 g/mol. The Morgan fingerprint density at radius 1 is 0.806 bits per heavy atom. The molecule has 1 aliphatic rings. The summed E-state index contributed by atoms with van der Waals surface area (Å²) in [4.78, 5) is 1.01. The van der Waals surface area contributed by atoms with Crippen LogP contribution >= 0.6 is 22.9 Å². The van der Waals surface area contributed by atoms with Gasteiger partial charge in [0.1, 0.15) is 5.75 Å². The Labute approximate surface area is 190 Å². The molecule has 4 aromatic carbocycles. The third-order valence-electron chi connectivity index (χ3n) is 6.04. The SMILES string of the molecule is Cc1ccc(C2(c3sc4ccccc4c3Cl)C=Cc3c(ccc4ccccc34)O2)cc1. The predicted molar refractivity (Wildman–Crippen MR) is 132 cm³/mol. The van der Waals surface area contributed by atoms with Crippen LogP contribution in [0, 0.1) is 6.92 Å². The molecule has 0 radical (unpaired) electrons. The van der Waals surface area contributed by atoms with E-state index < -0.39 is 5.60 Å². The van der Waals surface area contributed by atoms with Crippen molar-refractivity contribution in [3.05, 3.63) is 118 Å². The zero-order valence-corrected chi connectivity index (χ0v) is 18.5. The molecule has 1 aromatic heterocycles. The maximum absolute atomic E-state index is 6.98. The second kappa shape index (κ2) is 6.98. The molecule has 5 aromatic rings. The largest absolute Gasteiger partial charge is 0.472 e. The zero-order valence-electron chi connectivity index (χ0n) is 16.9. The van der Waals surface area contributed by atoms with Crippen molar-refractivity contribution in [1.82, 2.24) is 0 Å². The van der Waals surface area contributed by atoms with Crippen molar-refractivity contribution in [2.24, 2.45) is 0 Å². The highest BCUT2D eigenvalue weighted by molar-refractivity contribution is 7.20. The summed E-state index contributed by atoms with van der Waals surface area (Å²) in [5, 5.41) is 4.22. The van der Waals surface area contributed by atoms with Crippen molar-refractivity contribution < 1.29 is 4.74 Å². The standard InChI is InChI=1S/C28H19ClOS/c1-18-10-13-20(14-11-18)28(27-26(29)23-8-4-5-9-25(23)31-27)17-16-22-21-7-3-2-6-19(21)12-15-24(22)30-28/h2-17H,1H3. The number of hydrogen-bond acceptors (Lipinski definition) is 2. The van der Waals surface area contributed by atoms with E-state index in [0.717, 1.165) is 36.9 Å². The van der Waals surface area contributed by atoms with Crippen molar-refractivity contribution in [1.29, 1.82) is 0 Å². The second-order valence-corrected chi connectivity index (χ2v) is 9.41. The average molecular weight is 439 g/mol. The molecule has 2 heterocycles. The maximum atomic E-state index is 6.98. The summed E-state index contributed by atoms with van der Waals surface area (Å²) >= 11 is 8.68. The van der Waals surface area contributed by atoms with E-state index in [1.165, 1.54) is 16.3 Å². The first kappa shape index (κ1) is 18.7. The predicted octanol–water partition coefficient (Wildman–Crippen LogP) is 8.37. The van der Waals surface area contributed by atoms with Crippen LogP contribution in [0.1, 0.15) is 21.6 Å². The van der Waals surface area contributed by atoms with E-state index in [9.17, 15) is 0 Å². The summed E-state index contributed by atoms with van der Waals surface area (Å²) in [5.41, 5.74) is 2.62. The van der Waals surface area contributed by atoms with Crippen LogP contribution in [0.3, 0.4) is 0 Å². The number of benzene rings is 4. The Hall–Kier alpha value is -3.07. The molecule has 6 rings (SSSR count). The van der Waals surface area contributed by atoms with Gasteiger partial charge in [-0.05, 0) is 42.0 Å². The molecule has 1 atom stereocenters. The van der Waals surface area contributed by atoms with E-state index in [4.69, 9.17) is 16.3 Å². The van der Waals surface area contributed by atoms with Crippen LogP contribution in [0.4, 0.5) is 0 Å². The number of rotatable bonds is 2. The molecule has 150 valence electrons. The molecule has 0 saturated heterocycles. The minimum Gasteiger partial charge on any atom is -0.472 e. The van der Waals surface area contributed by atoms with Crippen LogP contribution in [0.15, 0.2) is 91.0 Å². The summed E-state index contributed by atoms with van der Waals surface area (Å²) < 4.78 is 8.05. The van der Waals surface area contributed by atoms with Crippen molar-refractivity contribution >= 4 is 49.9 Å². The molecule has 1 nitrogen and oxygen atoms in total. The fraction of sp³-hybridized carbons (Fsp3) is 0.0714. The van der Waals surface area contributed by atoms with E-state index in [0.29, 0.717) is 0 Å². The minimum absolute atomic E-state index is 0.759. The number of thiophene rings is 1. The monoisotopic (exact) mass is 438 g/mol. The first-order chi connectivity index (χ1) is 15.2. The van der Waals surface area contributed by atoms with Gasteiger partial charge < -0.3 is 4.74 Å². The van der Waals surface area contributed by atoms with Gasteiger partial charge in [0.25, 0.3) is 0 Å². The molecule has 0 saturated carbocycles. The van der Waals surface area contributed by atoms with Gasteiger partial charge in [-0.1, -0.05) is 90.0 Å². The minimum atomic E-state index is -0.774. The summed E-state index contributed by atoms with van der Waals surface area (Å²) in [6, 6.07) is 29.4. The highest BCUT2D eigenvalue weighted by atomic mass is 35.5. The molecule has 0 spiro atoms. The second-order valence-electron chi connectivity index (χ2n) is 7.98. The summed E-state index contributed by atoms with van der Waals surface area (Å²) in [5.74, 6) is 0.871. The van der Waals surface area contributed by atoms with Gasteiger partial charge >= 0.3 is 0 Å². The molecule has 0 N–H and O–H groups in total. The van der Waals surface area contributed by atoms with Gasteiger partial charge in [0.2, 0.25) is 0 Å². The van der Waals surface area contributed by atoms with Crippen molar-refractivity contribution in [3.63, 3.8) is 0 Å². The van der Waals surface area contributed by atoms with E-state index in [-0.39, 0.29) is 0 Å². The number of fused-ring (bicyclic) bond motifs is 4. The van der Waals surface area contributed by atoms with Crippen LogP contribution in [-0.4, -0.2) is 0 Å². The molecule has 0 bridgehead atoms. The van der Waals surface area contributed by atoms with Crippen LogP contribution < -0.4 is 4.74 Å². The van der Waals surface area contributed by atoms with Gasteiger partial charge in [-0.3, -0.25) is 0 Å². The molecule has 31 heavy (non-hydrogen) atoms. The van der Waals surface area contributed by atoms with Gasteiger partial charge in [0.15, 0.2) is 5.60 Å². The van der Waals surface area contributed by atoms with Gasteiger partial charge in [-0.2, -0.15) is 0 Å². The third kappa shape index (κ3) is 2.83. The van der Waals surface area contributed by atoms with Gasteiger partial charge in [-0.15, -0.1) is 11.3 Å². The molecule has 1 unspecified atom stereocenters. The highest BCUT2D eigenvalue weighted by Gasteiger charge is 2.41. The van der Waals surface area contributed by atoms with Gasteiger partial charge in [-0.25, -0.2) is 0 Å². The number of hydrogen-bond donors (Lipinski definition) is 0. The summed E-state index contributed by atoms with van der Waals surface area (Å²) in [6.45, 7) is 2.10. The lowest BCUT2D eigenvalue weighted by Gasteiger charge is -2.35. The van der Waals surface area contributed by atoms with Crippen LogP contribution in [0.2, 0.25) is 5.02 Å². The number of halogens is 1. The van der Waals surface area contributed by atoms with E-state index >= 15 is 0 Å².